The number of carbonyl (C=O) groups excluding carboxylic acids is 1. The lowest BCUT2D eigenvalue weighted by Gasteiger charge is -2.29. The average molecular weight is 578 g/mol. The fourth-order valence-corrected chi connectivity index (χ4v) is 5.87. The Morgan fingerprint density at radius 3 is 2.58 bits per heavy atom. The Bertz CT molecular complexity index is 1440. The molecule has 10 nitrogen and oxygen atoms in total. The van der Waals surface area contributed by atoms with Crippen LogP contribution in [0, 0.1) is 0 Å². The summed E-state index contributed by atoms with van der Waals surface area (Å²) in [5.74, 6) is 1.56. The van der Waals surface area contributed by atoms with Gasteiger partial charge < -0.3 is 30.7 Å². The van der Waals surface area contributed by atoms with Gasteiger partial charge in [0.1, 0.15) is 16.6 Å². The van der Waals surface area contributed by atoms with Gasteiger partial charge in [-0.2, -0.15) is 0 Å². The van der Waals surface area contributed by atoms with Gasteiger partial charge >= 0.3 is 6.03 Å². The van der Waals surface area contributed by atoms with Gasteiger partial charge in [-0.25, -0.2) is 9.78 Å². The van der Waals surface area contributed by atoms with Crippen molar-refractivity contribution in [3.8, 4) is 5.75 Å². The number of hydrogen-bond acceptors (Lipinski definition) is 10. The summed E-state index contributed by atoms with van der Waals surface area (Å²) < 4.78 is 6.49. The van der Waals surface area contributed by atoms with Gasteiger partial charge in [-0.05, 0) is 42.3 Å². The lowest BCUT2D eigenvalue weighted by Crippen LogP contribution is -2.36. The van der Waals surface area contributed by atoms with E-state index in [0.717, 1.165) is 51.6 Å². The smallest absolute Gasteiger partial charge is 0.323 e. The molecule has 1 aliphatic rings. The molecule has 1 saturated heterocycles. The average Bonchev–Trinajstić information content (AvgIpc) is 3.44. The van der Waals surface area contributed by atoms with E-state index in [1.54, 1.807) is 41.3 Å². The van der Waals surface area contributed by atoms with E-state index in [1.165, 1.54) is 6.07 Å². The molecule has 2 aromatic carbocycles. The number of aromatic hydroxyl groups is 1. The highest BCUT2D eigenvalue weighted by atomic mass is 32.2. The van der Waals surface area contributed by atoms with Crippen LogP contribution in [0.5, 0.6) is 5.75 Å². The highest BCUT2D eigenvalue weighted by Crippen LogP contribution is 2.29. The molecule has 5 rings (SSSR count). The first-order valence-corrected chi connectivity index (χ1v) is 14.8. The molecule has 0 atom stereocenters. The molecule has 0 radical (unpaired) electrons. The van der Waals surface area contributed by atoms with Gasteiger partial charge in [-0.1, -0.05) is 48.2 Å². The van der Waals surface area contributed by atoms with Gasteiger partial charge in [-0.3, -0.25) is 0 Å². The van der Waals surface area contributed by atoms with Gasteiger partial charge in [0.25, 0.3) is 0 Å². The second-order valence-electron chi connectivity index (χ2n) is 9.09. The molecule has 208 valence electrons. The maximum absolute atomic E-state index is 12.4. The summed E-state index contributed by atoms with van der Waals surface area (Å²) >= 11 is 3.28. The van der Waals surface area contributed by atoms with Crippen molar-refractivity contribution in [2.45, 2.75) is 30.0 Å². The van der Waals surface area contributed by atoms with Crippen LogP contribution in [-0.2, 0) is 23.5 Å². The number of benzene rings is 2. The molecule has 1 aliphatic heterocycles. The van der Waals surface area contributed by atoms with Crippen molar-refractivity contribution in [3.63, 3.8) is 0 Å². The maximum Gasteiger partial charge on any atom is 0.323 e. The molecular weight excluding hydrogens is 546 g/mol. The fourth-order valence-electron chi connectivity index (χ4n) is 4.14. The second kappa shape index (κ2) is 13.5. The van der Waals surface area contributed by atoms with Crippen molar-refractivity contribution in [2.75, 3.05) is 47.2 Å². The summed E-state index contributed by atoms with van der Waals surface area (Å²) in [5.41, 5.74) is 4.23. The number of ether oxygens (including phenoxy) is 1. The van der Waals surface area contributed by atoms with Crippen molar-refractivity contribution < 1.29 is 14.6 Å². The number of hydrogen-bond donors (Lipinski definition) is 4. The number of urea groups is 1. The number of nitrogens with zero attached hydrogens (tertiary/aromatic N) is 4. The molecule has 0 saturated carbocycles. The van der Waals surface area contributed by atoms with Crippen molar-refractivity contribution in [3.05, 3.63) is 76.9 Å². The van der Waals surface area contributed by atoms with Gasteiger partial charge in [0.15, 0.2) is 4.34 Å². The van der Waals surface area contributed by atoms with Gasteiger partial charge in [0.2, 0.25) is 0 Å². The number of aryl methyl sites for hydroxylation is 1. The number of aromatic nitrogens is 3. The quantitative estimate of drug-likeness (QED) is 0.179. The molecule has 4 aromatic rings. The number of phenols is 1. The van der Waals surface area contributed by atoms with Crippen LogP contribution in [-0.4, -0.2) is 52.6 Å². The molecule has 1 fully saturated rings. The predicted octanol–water partition coefficient (Wildman–Crippen LogP) is 5.59. The molecule has 2 amide bonds. The first-order valence-electron chi connectivity index (χ1n) is 13.0. The van der Waals surface area contributed by atoms with E-state index in [1.807, 2.05) is 24.3 Å². The first-order chi connectivity index (χ1) is 19.5. The predicted molar refractivity (Wildman–Crippen MR) is 161 cm³/mol. The fraction of sp³-hybridized carbons (Fsp3) is 0.286. The Balaban J connectivity index is 1.25. The third-order valence-corrected chi connectivity index (χ3v) is 8.33. The Morgan fingerprint density at radius 2 is 1.82 bits per heavy atom. The minimum atomic E-state index is -0.390. The van der Waals surface area contributed by atoms with Crippen LogP contribution in [0.2, 0.25) is 0 Å². The van der Waals surface area contributed by atoms with Crippen LogP contribution < -0.4 is 20.9 Å². The van der Waals surface area contributed by atoms with Crippen LogP contribution in [0.4, 0.5) is 27.7 Å². The number of pyridine rings is 1. The number of morpholine rings is 1. The Labute approximate surface area is 241 Å². The number of anilines is 4. The highest BCUT2D eigenvalue weighted by Gasteiger charge is 2.15. The third kappa shape index (κ3) is 7.84. The molecular formula is C28H31N7O3S2. The van der Waals surface area contributed by atoms with E-state index in [0.29, 0.717) is 36.9 Å². The van der Waals surface area contributed by atoms with Crippen LogP contribution in [0.25, 0.3) is 0 Å². The number of amides is 2. The number of carbonyl (C=O) groups is 1. The number of thioether (sulfide) groups is 1. The maximum atomic E-state index is 12.4. The van der Waals surface area contributed by atoms with Gasteiger partial charge in [-0.15, -0.1) is 10.2 Å². The van der Waals surface area contributed by atoms with Gasteiger partial charge in [0.05, 0.1) is 18.9 Å². The highest BCUT2D eigenvalue weighted by molar-refractivity contribution is 8.00. The summed E-state index contributed by atoms with van der Waals surface area (Å²) in [6, 6.07) is 17.9. The van der Waals surface area contributed by atoms with Crippen molar-refractivity contribution >= 4 is 52.0 Å². The largest absolute Gasteiger partial charge is 0.508 e. The molecule has 2 aromatic heterocycles. The lowest BCUT2D eigenvalue weighted by atomic mass is 10.2. The first kappa shape index (κ1) is 27.7. The number of rotatable bonds is 10. The zero-order valence-corrected chi connectivity index (χ0v) is 23.7. The van der Waals surface area contributed by atoms with Crippen molar-refractivity contribution in [2.24, 2.45) is 0 Å². The molecule has 3 heterocycles. The summed E-state index contributed by atoms with van der Waals surface area (Å²) in [5, 5.41) is 28.2. The normalized spacial score (nSPS) is 13.2. The number of phenolic OH excluding ortho intramolecular Hbond substituents is 1. The van der Waals surface area contributed by atoms with E-state index in [2.05, 4.69) is 50.1 Å². The summed E-state index contributed by atoms with van der Waals surface area (Å²) in [7, 11) is 0. The molecule has 40 heavy (non-hydrogen) atoms. The van der Waals surface area contributed by atoms with E-state index in [4.69, 9.17) is 9.72 Å². The third-order valence-electron chi connectivity index (χ3n) is 6.10. The Kier molecular flexibility index (Phi) is 9.32. The monoisotopic (exact) mass is 577 g/mol. The van der Waals surface area contributed by atoms with Crippen LogP contribution >= 0.6 is 23.1 Å². The summed E-state index contributed by atoms with van der Waals surface area (Å²) in [6.07, 6.45) is 0.885. The summed E-state index contributed by atoms with van der Waals surface area (Å²) in [4.78, 5) is 19.6. The van der Waals surface area contributed by atoms with Crippen LogP contribution in [0.15, 0.2) is 65.0 Å². The van der Waals surface area contributed by atoms with Crippen LogP contribution in [0.1, 0.15) is 23.2 Å². The minimum Gasteiger partial charge on any atom is -0.508 e. The second-order valence-corrected chi connectivity index (χ2v) is 11.4. The van der Waals surface area contributed by atoms with Gasteiger partial charge in [0, 0.05) is 54.6 Å². The number of nitrogens with one attached hydrogen (secondary N) is 3. The standard InChI is InChI=1S/C28H31N7O3S2/c1-2-26-33-34-28(40-26)39-18-22-14-23(35-9-11-38-12-10-35)16-25(30-22)29-17-19-5-3-6-20(13-19)31-27(37)32-21-7-4-8-24(36)15-21/h3-8,13-16,36H,2,9-12,17-18H2,1H3,(H,29,30)(H2,31,32,37). The van der Waals surface area contributed by atoms with E-state index >= 15 is 0 Å². The zero-order chi connectivity index (χ0) is 27.7. The van der Waals surface area contributed by atoms with E-state index < -0.39 is 0 Å². The lowest BCUT2D eigenvalue weighted by molar-refractivity contribution is 0.122. The molecule has 0 bridgehead atoms. The molecule has 4 N–H and O–H groups in total. The minimum absolute atomic E-state index is 0.0877. The zero-order valence-electron chi connectivity index (χ0n) is 22.1. The molecule has 0 unspecified atom stereocenters. The Morgan fingerprint density at radius 1 is 1.05 bits per heavy atom. The summed E-state index contributed by atoms with van der Waals surface area (Å²) in [6.45, 7) is 5.70. The molecule has 12 heteroatoms. The molecule has 0 spiro atoms. The topological polar surface area (TPSA) is 125 Å². The van der Waals surface area contributed by atoms with Crippen LogP contribution in [0.3, 0.4) is 0 Å². The SMILES string of the molecule is CCc1nnc(SCc2cc(N3CCOCC3)cc(NCc3cccc(NC(=O)Nc4cccc(O)c4)c3)n2)s1. The van der Waals surface area contributed by atoms with E-state index in [-0.39, 0.29) is 11.8 Å². The molecule has 0 aliphatic carbocycles. The Hall–Kier alpha value is -3.87. The van der Waals surface area contributed by atoms with Crippen molar-refractivity contribution in [1.82, 2.24) is 15.2 Å². The van der Waals surface area contributed by atoms with Crippen molar-refractivity contribution in [1.29, 1.82) is 0 Å². The van der Waals surface area contributed by atoms with E-state index in [9.17, 15) is 9.90 Å².